The second-order valence-corrected chi connectivity index (χ2v) is 5.74. The monoisotopic (exact) mass is 271 g/mol. The van der Waals surface area contributed by atoms with Gasteiger partial charge >= 0.3 is 0 Å². The van der Waals surface area contributed by atoms with E-state index in [1.165, 1.54) is 0 Å². The molecular formula is C17H21NO2. The van der Waals surface area contributed by atoms with Gasteiger partial charge < -0.3 is 9.47 Å². The molecule has 1 aromatic heterocycles. The van der Waals surface area contributed by atoms with Crippen LogP contribution in [0.4, 0.5) is 0 Å². The fourth-order valence-electron chi connectivity index (χ4n) is 2.23. The van der Waals surface area contributed by atoms with Crippen LogP contribution in [0, 0.1) is 0 Å². The number of benzene rings is 1. The summed E-state index contributed by atoms with van der Waals surface area (Å²) in [4.78, 5) is 4.17. The molecule has 0 aliphatic heterocycles. The Kier molecular flexibility index (Phi) is 3.98. The molecule has 0 saturated carbocycles. The summed E-state index contributed by atoms with van der Waals surface area (Å²) in [5.74, 6) is 1.71. The van der Waals surface area contributed by atoms with Crippen LogP contribution in [0.2, 0.25) is 0 Å². The van der Waals surface area contributed by atoms with Gasteiger partial charge in [0.2, 0.25) is 0 Å². The highest BCUT2D eigenvalue weighted by atomic mass is 16.5. The molecule has 0 aliphatic carbocycles. The lowest BCUT2D eigenvalue weighted by molar-refractivity contribution is 0.389. The van der Waals surface area contributed by atoms with E-state index in [1.54, 1.807) is 20.4 Å². The molecule has 0 bridgehead atoms. The van der Waals surface area contributed by atoms with Crippen LogP contribution in [0.1, 0.15) is 26.3 Å². The number of methoxy groups -OCH3 is 2. The zero-order chi connectivity index (χ0) is 14.8. The molecule has 0 amide bonds. The Morgan fingerprint density at radius 3 is 2.20 bits per heavy atom. The average Bonchev–Trinajstić information content (AvgIpc) is 2.45. The van der Waals surface area contributed by atoms with Crippen LogP contribution in [0.15, 0.2) is 36.7 Å². The number of hydrogen-bond donors (Lipinski definition) is 0. The van der Waals surface area contributed by atoms with Crippen molar-refractivity contribution in [3.63, 3.8) is 0 Å². The van der Waals surface area contributed by atoms with E-state index < -0.39 is 0 Å². The normalized spacial score (nSPS) is 11.2. The van der Waals surface area contributed by atoms with Crippen LogP contribution < -0.4 is 9.47 Å². The smallest absolute Gasteiger partial charge is 0.127 e. The first kappa shape index (κ1) is 14.4. The number of pyridine rings is 1. The lowest BCUT2D eigenvalue weighted by Crippen LogP contribution is -2.13. The molecular weight excluding hydrogens is 250 g/mol. The lowest BCUT2D eigenvalue weighted by Gasteiger charge is -2.24. The molecule has 2 aromatic rings. The van der Waals surface area contributed by atoms with Gasteiger partial charge in [0.15, 0.2) is 0 Å². The van der Waals surface area contributed by atoms with Gasteiger partial charge in [-0.1, -0.05) is 26.8 Å². The van der Waals surface area contributed by atoms with Crippen LogP contribution in [-0.4, -0.2) is 19.2 Å². The Hall–Kier alpha value is -2.03. The molecule has 0 aliphatic rings. The van der Waals surface area contributed by atoms with Crippen LogP contribution in [0.5, 0.6) is 11.5 Å². The van der Waals surface area contributed by atoms with Crippen molar-refractivity contribution in [2.24, 2.45) is 0 Å². The number of ether oxygens (including phenoxy) is 2. The van der Waals surface area contributed by atoms with E-state index in [2.05, 4.69) is 31.8 Å². The minimum atomic E-state index is -0.00785. The van der Waals surface area contributed by atoms with E-state index in [4.69, 9.17) is 9.47 Å². The summed E-state index contributed by atoms with van der Waals surface area (Å²) >= 11 is 0. The van der Waals surface area contributed by atoms with Gasteiger partial charge in [0.25, 0.3) is 0 Å². The Balaban J connectivity index is 2.65. The highest BCUT2D eigenvalue weighted by Crippen LogP contribution is 2.40. The molecule has 2 rings (SSSR count). The maximum absolute atomic E-state index is 5.56. The van der Waals surface area contributed by atoms with Crippen molar-refractivity contribution in [2.45, 2.75) is 26.2 Å². The molecule has 0 unspecified atom stereocenters. The molecule has 0 saturated heterocycles. The van der Waals surface area contributed by atoms with Crippen molar-refractivity contribution < 1.29 is 9.47 Å². The third kappa shape index (κ3) is 2.77. The Bertz CT molecular complexity index is 586. The van der Waals surface area contributed by atoms with Crippen molar-refractivity contribution in [3.05, 3.63) is 42.2 Å². The zero-order valence-electron chi connectivity index (χ0n) is 12.7. The fraction of sp³-hybridized carbons (Fsp3) is 0.353. The van der Waals surface area contributed by atoms with E-state index in [-0.39, 0.29) is 5.41 Å². The molecule has 3 nitrogen and oxygen atoms in total. The third-order valence-corrected chi connectivity index (χ3v) is 3.30. The predicted molar refractivity (Wildman–Crippen MR) is 81.5 cm³/mol. The summed E-state index contributed by atoms with van der Waals surface area (Å²) in [5.41, 5.74) is 3.13. The maximum Gasteiger partial charge on any atom is 0.127 e. The number of nitrogens with zero attached hydrogens (tertiary/aromatic N) is 1. The SMILES string of the molecule is COc1cc(C(C)(C)C)c(OC)cc1-c1cccnc1. The standard InChI is InChI=1S/C17H21NO2/c1-17(2,3)14-10-15(19-4)13(9-16(14)20-5)12-7-6-8-18-11-12/h6-11H,1-5H3. The minimum absolute atomic E-state index is 0.00785. The van der Waals surface area contributed by atoms with E-state index in [9.17, 15) is 0 Å². The highest BCUT2D eigenvalue weighted by molar-refractivity contribution is 5.73. The van der Waals surface area contributed by atoms with Gasteiger partial charge in [-0.3, -0.25) is 4.98 Å². The summed E-state index contributed by atoms with van der Waals surface area (Å²) < 4.78 is 11.1. The summed E-state index contributed by atoms with van der Waals surface area (Å²) in [6.45, 7) is 6.48. The van der Waals surface area contributed by atoms with Crippen molar-refractivity contribution in [1.82, 2.24) is 4.98 Å². The molecule has 0 N–H and O–H groups in total. The number of aromatic nitrogens is 1. The first-order chi connectivity index (χ1) is 9.47. The third-order valence-electron chi connectivity index (χ3n) is 3.30. The zero-order valence-corrected chi connectivity index (χ0v) is 12.7. The van der Waals surface area contributed by atoms with Crippen LogP contribution in [0.3, 0.4) is 0 Å². The molecule has 0 atom stereocenters. The van der Waals surface area contributed by atoms with Crippen molar-refractivity contribution in [2.75, 3.05) is 14.2 Å². The summed E-state index contributed by atoms with van der Waals surface area (Å²) in [7, 11) is 3.39. The van der Waals surface area contributed by atoms with Crippen molar-refractivity contribution in [3.8, 4) is 22.6 Å². The number of rotatable bonds is 3. The first-order valence-electron chi connectivity index (χ1n) is 6.64. The molecule has 1 aromatic carbocycles. The molecule has 0 radical (unpaired) electrons. The van der Waals surface area contributed by atoms with Crippen molar-refractivity contribution >= 4 is 0 Å². The second kappa shape index (κ2) is 5.53. The van der Waals surface area contributed by atoms with Gasteiger partial charge in [-0.2, -0.15) is 0 Å². The summed E-state index contributed by atoms with van der Waals surface area (Å²) in [5, 5.41) is 0. The van der Waals surface area contributed by atoms with Crippen LogP contribution in [0.25, 0.3) is 11.1 Å². The summed E-state index contributed by atoms with van der Waals surface area (Å²) in [6, 6.07) is 8.01. The maximum atomic E-state index is 5.56. The van der Waals surface area contributed by atoms with E-state index >= 15 is 0 Å². The Morgan fingerprint density at radius 2 is 1.70 bits per heavy atom. The Labute approximate surface area is 120 Å². The molecule has 0 fully saturated rings. The molecule has 106 valence electrons. The quantitative estimate of drug-likeness (QED) is 0.843. The van der Waals surface area contributed by atoms with Crippen LogP contribution in [-0.2, 0) is 5.41 Å². The number of hydrogen-bond acceptors (Lipinski definition) is 3. The largest absolute Gasteiger partial charge is 0.496 e. The first-order valence-corrected chi connectivity index (χ1v) is 6.64. The van der Waals surface area contributed by atoms with Crippen LogP contribution >= 0.6 is 0 Å². The van der Waals surface area contributed by atoms with Gasteiger partial charge in [-0.05, 0) is 23.6 Å². The fourth-order valence-corrected chi connectivity index (χ4v) is 2.23. The topological polar surface area (TPSA) is 31.4 Å². The molecule has 1 heterocycles. The highest BCUT2D eigenvalue weighted by Gasteiger charge is 2.22. The predicted octanol–water partition coefficient (Wildman–Crippen LogP) is 4.06. The Morgan fingerprint density at radius 1 is 1.00 bits per heavy atom. The van der Waals surface area contributed by atoms with E-state index in [0.29, 0.717) is 0 Å². The van der Waals surface area contributed by atoms with Gasteiger partial charge in [0.1, 0.15) is 11.5 Å². The van der Waals surface area contributed by atoms with Crippen molar-refractivity contribution in [1.29, 1.82) is 0 Å². The van der Waals surface area contributed by atoms with Gasteiger partial charge in [0.05, 0.1) is 14.2 Å². The van der Waals surface area contributed by atoms with E-state index in [1.807, 2.05) is 24.4 Å². The second-order valence-electron chi connectivity index (χ2n) is 5.74. The van der Waals surface area contributed by atoms with Gasteiger partial charge in [0, 0.05) is 29.1 Å². The average molecular weight is 271 g/mol. The molecule has 20 heavy (non-hydrogen) atoms. The van der Waals surface area contributed by atoms with Gasteiger partial charge in [-0.25, -0.2) is 0 Å². The van der Waals surface area contributed by atoms with E-state index in [0.717, 1.165) is 28.2 Å². The van der Waals surface area contributed by atoms with Gasteiger partial charge in [-0.15, -0.1) is 0 Å². The summed E-state index contributed by atoms with van der Waals surface area (Å²) in [6.07, 6.45) is 3.59. The minimum Gasteiger partial charge on any atom is -0.496 e. The molecule has 3 heteroatoms. The lowest BCUT2D eigenvalue weighted by atomic mass is 9.85. The molecule has 0 spiro atoms.